The number of imidazole rings is 1. The molecule has 300 valence electrons. The predicted molar refractivity (Wildman–Crippen MR) is 178 cm³/mol. The molecule has 2 aromatic heterocycles. The molecule has 0 aromatic carbocycles. The normalized spacial score (nSPS) is 21.7. The molecule has 11 N–H and O–H groups in total. The van der Waals surface area contributed by atoms with E-state index in [1.165, 1.54) is 13.8 Å². The highest BCUT2D eigenvalue weighted by Gasteiger charge is 2.50. The van der Waals surface area contributed by atoms with Gasteiger partial charge in [-0.25, -0.2) is 28.6 Å². The van der Waals surface area contributed by atoms with Gasteiger partial charge in [0.05, 0.1) is 19.5 Å². The molecule has 3 heterocycles. The molecule has 3 rings (SSSR count). The number of nitrogens with two attached hydrogens (primary N) is 1. The average Bonchev–Trinajstić information content (AvgIpc) is 3.61. The second-order valence-corrected chi connectivity index (χ2v) is 16.3. The van der Waals surface area contributed by atoms with Crippen LogP contribution in [0.1, 0.15) is 26.5 Å². The maximum absolute atomic E-state index is 12.6. The van der Waals surface area contributed by atoms with Crippen LogP contribution in [0, 0.1) is 5.41 Å². The summed E-state index contributed by atoms with van der Waals surface area (Å²) in [5, 5.41) is 33.0. The number of aliphatic hydroxyl groups is 2. The summed E-state index contributed by atoms with van der Waals surface area (Å²) in [6.07, 6.45) is -6.88. The number of phosphoric ester groups is 3. The van der Waals surface area contributed by atoms with Gasteiger partial charge < -0.3 is 56.0 Å². The van der Waals surface area contributed by atoms with Crippen molar-refractivity contribution in [1.82, 2.24) is 30.2 Å². The summed E-state index contributed by atoms with van der Waals surface area (Å²) >= 11 is 0.960. The fourth-order valence-corrected chi connectivity index (χ4v) is 7.38. The number of carbonyl (C=O) groups excluding carboxylic acids is 3. The van der Waals surface area contributed by atoms with Crippen molar-refractivity contribution in [1.29, 1.82) is 0 Å². The number of thioether (sulfide) groups is 1. The van der Waals surface area contributed by atoms with Crippen LogP contribution in [0.15, 0.2) is 12.7 Å². The molecule has 26 nitrogen and oxygen atoms in total. The van der Waals surface area contributed by atoms with Crippen molar-refractivity contribution in [3.05, 3.63) is 12.7 Å². The minimum atomic E-state index is -5.55. The van der Waals surface area contributed by atoms with E-state index in [0.717, 1.165) is 29.0 Å². The third-order valence-corrected chi connectivity index (χ3v) is 10.4. The van der Waals surface area contributed by atoms with Crippen LogP contribution in [0.25, 0.3) is 11.2 Å². The lowest BCUT2D eigenvalue weighted by molar-refractivity contribution is -0.137. The molecule has 2 amide bonds. The van der Waals surface area contributed by atoms with E-state index in [2.05, 4.69) is 34.4 Å². The van der Waals surface area contributed by atoms with Gasteiger partial charge in [-0.15, -0.1) is 0 Å². The fourth-order valence-electron chi connectivity index (χ4n) is 4.24. The van der Waals surface area contributed by atoms with Gasteiger partial charge in [0.25, 0.3) is 6.47 Å². The number of nitrogens with one attached hydrogen (secondary N) is 2. The third kappa shape index (κ3) is 14.7. The van der Waals surface area contributed by atoms with Gasteiger partial charge in [-0.1, -0.05) is 25.6 Å². The summed E-state index contributed by atoms with van der Waals surface area (Å²) in [5.74, 6) is -1.09. The van der Waals surface area contributed by atoms with Crippen molar-refractivity contribution < 1.29 is 90.4 Å². The van der Waals surface area contributed by atoms with Gasteiger partial charge in [-0.05, 0) is 0 Å². The number of carboxylic acid groups (broad SMARTS) is 1. The minimum absolute atomic E-state index is 0.0309. The average molecular weight is 842 g/mol. The fraction of sp³-hybridized carbons (Fsp3) is 0.609. The van der Waals surface area contributed by atoms with E-state index in [4.69, 9.17) is 29.4 Å². The Morgan fingerprint density at radius 2 is 1.74 bits per heavy atom. The largest absolute Gasteiger partial charge is 0.483 e. The van der Waals surface area contributed by atoms with Crippen LogP contribution in [0.5, 0.6) is 0 Å². The molecule has 2 unspecified atom stereocenters. The van der Waals surface area contributed by atoms with E-state index in [-0.39, 0.29) is 43.0 Å². The number of aliphatic hydroxyl groups excluding tert-OH is 2. The number of rotatable bonds is 20. The Balaban J connectivity index is 0.00000313. The van der Waals surface area contributed by atoms with Crippen molar-refractivity contribution >= 4 is 76.1 Å². The predicted octanol–water partition coefficient (Wildman–Crippen LogP) is -1.97. The number of ether oxygens (including phenoxy) is 1. The van der Waals surface area contributed by atoms with E-state index in [1.807, 2.05) is 0 Å². The number of amides is 2. The number of fused-ring (bicyclic) bond motifs is 1. The quantitative estimate of drug-likeness (QED) is 0.0392. The molecule has 0 saturated carbocycles. The van der Waals surface area contributed by atoms with Gasteiger partial charge in [-0.2, -0.15) is 4.31 Å². The van der Waals surface area contributed by atoms with Crippen molar-refractivity contribution in [2.45, 2.75) is 50.9 Å². The standard InChI is InChI=1S/C22H36N7O17P3S.CH2O2/c1-22(2,17(33)20(34)25-4-3-13(31)24-5-6-50-11-30)8-43-49(40,41)46-48(38,39)42-7-12-16(45-47(35,36)37)15(32)21(44-12)29-10-28-14-18(23)26-9-27-19(14)29;2-1-3/h9-12,15-17,21,32-33H,3-8H2,1-2H3,(H,24,31)(H,25,34)(H,38,39)(H,40,41)(H2,23,26,27)(H2,35,36,37);1H,(H,2,3)/t12-,15-,16-,17+,21-;/m1./s1. The molecule has 0 aliphatic carbocycles. The lowest BCUT2D eigenvalue weighted by Gasteiger charge is -2.30. The summed E-state index contributed by atoms with van der Waals surface area (Å²) in [6.45, 7) is 0.265. The molecule has 1 fully saturated rings. The molecule has 53 heavy (non-hydrogen) atoms. The zero-order valence-corrected chi connectivity index (χ0v) is 31.1. The highest BCUT2D eigenvalue weighted by Crippen LogP contribution is 2.61. The number of carbonyl (C=O) groups is 4. The second-order valence-electron chi connectivity index (χ2n) is 11.1. The van der Waals surface area contributed by atoms with Crippen LogP contribution in [-0.4, -0.2) is 135 Å². The van der Waals surface area contributed by atoms with Gasteiger partial charge in [0.1, 0.15) is 36.3 Å². The minimum Gasteiger partial charge on any atom is -0.483 e. The van der Waals surface area contributed by atoms with Gasteiger partial charge in [-0.3, -0.25) is 37.3 Å². The lowest BCUT2D eigenvalue weighted by Crippen LogP contribution is -2.46. The van der Waals surface area contributed by atoms with E-state index in [0.29, 0.717) is 11.4 Å². The van der Waals surface area contributed by atoms with Crippen molar-refractivity contribution in [3.8, 4) is 0 Å². The summed E-state index contributed by atoms with van der Waals surface area (Å²) < 4.78 is 61.7. The number of phosphoric acid groups is 3. The number of hydrogen-bond donors (Lipinski definition) is 10. The Labute approximate surface area is 303 Å². The van der Waals surface area contributed by atoms with Crippen LogP contribution < -0.4 is 16.4 Å². The van der Waals surface area contributed by atoms with E-state index in [9.17, 15) is 57.9 Å². The molecule has 1 saturated heterocycles. The molecule has 0 radical (unpaired) electrons. The summed E-state index contributed by atoms with van der Waals surface area (Å²) in [5.41, 5.74) is 4.88. The smallest absolute Gasteiger partial charge is 0.481 e. The molecule has 0 bridgehead atoms. The second kappa shape index (κ2) is 20.1. The maximum atomic E-state index is 12.6. The maximum Gasteiger partial charge on any atom is 0.481 e. The molecule has 2 aromatic rings. The summed E-state index contributed by atoms with van der Waals surface area (Å²) in [7, 11) is -16.3. The monoisotopic (exact) mass is 841 g/mol. The molecule has 1 aliphatic heterocycles. The van der Waals surface area contributed by atoms with Crippen molar-refractivity contribution in [3.63, 3.8) is 0 Å². The SMILES string of the molecule is CC(C)(COP(=O)(O)OP(=O)(O)OC[C@H]1O[C@@H](n2cnc3c(N)ncnc32)[C@H](O)[C@@H]1OP(=O)(O)O)[C@@H](O)C(=O)NCCC(=O)NCCSC=O.O=CO. The van der Waals surface area contributed by atoms with Gasteiger partial charge >= 0.3 is 23.5 Å². The first-order chi connectivity index (χ1) is 24.6. The Morgan fingerprint density at radius 3 is 2.36 bits per heavy atom. The van der Waals surface area contributed by atoms with Crippen molar-refractivity contribution in [2.24, 2.45) is 5.41 Å². The number of hydrogen-bond acceptors (Lipinski definition) is 19. The molecule has 1 aliphatic rings. The van der Waals surface area contributed by atoms with Gasteiger partial charge in [0, 0.05) is 30.7 Å². The Kier molecular flexibility index (Phi) is 17.5. The summed E-state index contributed by atoms with van der Waals surface area (Å²) in [6, 6.07) is 0. The number of aromatic nitrogens is 4. The van der Waals surface area contributed by atoms with Crippen LogP contribution in [0.3, 0.4) is 0 Å². The van der Waals surface area contributed by atoms with Crippen LogP contribution in [-0.2, 0) is 55.5 Å². The molecular weight excluding hydrogens is 803 g/mol. The zero-order valence-electron chi connectivity index (χ0n) is 27.6. The molecule has 30 heteroatoms. The van der Waals surface area contributed by atoms with E-state index < -0.39 is 84.6 Å². The topological polar surface area (TPSA) is 401 Å². The number of nitrogen functional groups attached to an aromatic ring is 1. The Hall–Kier alpha value is -2.97. The van der Waals surface area contributed by atoms with Gasteiger partial charge in [0.2, 0.25) is 11.8 Å². The Bertz CT molecular complexity index is 1710. The highest BCUT2D eigenvalue weighted by molar-refractivity contribution is 8.11. The Morgan fingerprint density at radius 1 is 1.09 bits per heavy atom. The highest BCUT2D eigenvalue weighted by atomic mass is 32.2. The van der Waals surface area contributed by atoms with E-state index >= 15 is 0 Å². The van der Waals surface area contributed by atoms with Crippen LogP contribution in [0.4, 0.5) is 5.82 Å². The first-order valence-electron chi connectivity index (χ1n) is 14.6. The summed E-state index contributed by atoms with van der Waals surface area (Å²) in [4.78, 5) is 93.5. The zero-order chi connectivity index (χ0) is 40.2. The van der Waals surface area contributed by atoms with Gasteiger partial charge in [0.15, 0.2) is 23.3 Å². The lowest BCUT2D eigenvalue weighted by atomic mass is 9.87. The van der Waals surface area contributed by atoms with E-state index in [1.54, 1.807) is 0 Å². The molecular formula is C23H38N7O19P3S. The first kappa shape index (κ1) is 46.2. The number of anilines is 1. The molecule has 7 atom stereocenters. The van der Waals surface area contributed by atoms with Crippen LogP contribution >= 0.6 is 35.2 Å². The first-order valence-corrected chi connectivity index (χ1v) is 20.2. The number of nitrogens with zero attached hydrogens (tertiary/aromatic N) is 4. The van der Waals surface area contributed by atoms with Crippen molar-refractivity contribution in [2.75, 3.05) is 37.8 Å². The third-order valence-electron chi connectivity index (χ3n) is 6.69. The molecule has 0 spiro atoms. The van der Waals surface area contributed by atoms with Crippen LogP contribution in [0.2, 0.25) is 0 Å².